The highest BCUT2D eigenvalue weighted by Crippen LogP contribution is 2.09. The summed E-state index contributed by atoms with van der Waals surface area (Å²) < 4.78 is 5.49. The van der Waals surface area contributed by atoms with E-state index < -0.39 is 0 Å². The topological polar surface area (TPSA) is 74.8 Å². The Labute approximate surface area is 145 Å². The lowest BCUT2D eigenvalue weighted by Gasteiger charge is -2.21. The second-order valence-corrected chi connectivity index (χ2v) is 6.48. The van der Waals surface area contributed by atoms with Crippen LogP contribution in [0.5, 0.6) is 0 Å². The fourth-order valence-electron chi connectivity index (χ4n) is 2.11. The number of carbonyl (C=O) groups excluding carboxylic acids is 1. The maximum atomic E-state index is 11.9. The Bertz CT molecular complexity index is 550. The maximum Gasteiger partial charge on any atom is 0.239 e. The van der Waals surface area contributed by atoms with Crippen molar-refractivity contribution < 1.29 is 9.53 Å². The number of amides is 1. The van der Waals surface area contributed by atoms with Gasteiger partial charge in [-0.05, 0) is 38.8 Å². The normalized spacial score (nSPS) is 12.0. The summed E-state index contributed by atoms with van der Waals surface area (Å²) in [4.78, 5) is 16.0. The number of guanidine groups is 1. The Morgan fingerprint density at radius 2 is 1.83 bits per heavy atom. The van der Waals surface area contributed by atoms with Crippen LogP contribution in [0.4, 0.5) is 0 Å². The van der Waals surface area contributed by atoms with Gasteiger partial charge in [0.2, 0.25) is 5.91 Å². The van der Waals surface area contributed by atoms with E-state index in [1.165, 1.54) is 0 Å². The van der Waals surface area contributed by atoms with Gasteiger partial charge in [0.25, 0.3) is 0 Å². The second kappa shape index (κ2) is 9.93. The van der Waals surface area contributed by atoms with Gasteiger partial charge in [0.1, 0.15) is 0 Å². The van der Waals surface area contributed by atoms with Crippen molar-refractivity contribution in [2.75, 3.05) is 20.2 Å². The van der Waals surface area contributed by atoms with Crippen molar-refractivity contribution in [2.45, 2.75) is 46.4 Å². The number of carbonyl (C=O) groups is 1. The average Bonchev–Trinajstić information content (AvgIpc) is 2.52. The molecule has 6 nitrogen and oxygen atoms in total. The summed E-state index contributed by atoms with van der Waals surface area (Å²) in [5.41, 5.74) is 2.05. The van der Waals surface area contributed by atoms with Crippen LogP contribution in [0.2, 0.25) is 0 Å². The van der Waals surface area contributed by atoms with Crippen LogP contribution in [-0.4, -0.2) is 37.6 Å². The molecule has 0 bridgehead atoms. The third kappa shape index (κ3) is 7.97. The van der Waals surface area contributed by atoms with Gasteiger partial charge in [-0.2, -0.15) is 0 Å². The highest BCUT2D eigenvalue weighted by molar-refractivity contribution is 5.86. The van der Waals surface area contributed by atoms with Crippen molar-refractivity contribution in [2.24, 2.45) is 4.99 Å². The number of nitrogens with one attached hydrogen (secondary N) is 3. The Kier molecular flexibility index (Phi) is 8.26. The first kappa shape index (κ1) is 20.0. The number of nitrogens with zero attached hydrogens (tertiary/aromatic N) is 1. The third-order valence-electron chi connectivity index (χ3n) is 3.18. The van der Waals surface area contributed by atoms with E-state index in [9.17, 15) is 4.79 Å². The number of aliphatic imine (C=N–C) groups is 1. The molecular formula is C18H30N4O2. The zero-order valence-electron chi connectivity index (χ0n) is 15.4. The van der Waals surface area contributed by atoms with E-state index in [0.717, 1.165) is 11.1 Å². The fraction of sp³-hybridized carbons (Fsp3) is 0.556. The molecule has 0 aromatic heterocycles. The van der Waals surface area contributed by atoms with E-state index in [-0.39, 0.29) is 18.0 Å². The third-order valence-corrected chi connectivity index (χ3v) is 3.18. The SMILES string of the molecule is CCOCc1ccccc1CNC(=NC)NCC(=O)NC(C)(C)C. The quantitative estimate of drug-likeness (QED) is 0.525. The molecule has 0 aliphatic carbocycles. The lowest BCUT2D eigenvalue weighted by atomic mass is 10.1. The smallest absolute Gasteiger partial charge is 0.239 e. The minimum absolute atomic E-state index is 0.0674. The van der Waals surface area contributed by atoms with Gasteiger partial charge in [0.15, 0.2) is 5.96 Å². The molecule has 1 amide bonds. The van der Waals surface area contributed by atoms with Gasteiger partial charge in [0, 0.05) is 25.7 Å². The summed E-state index contributed by atoms with van der Waals surface area (Å²) >= 11 is 0. The number of hydrogen-bond donors (Lipinski definition) is 3. The second-order valence-electron chi connectivity index (χ2n) is 6.48. The molecule has 0 atom stereocenters. The van der Waals surface area contributed by atoms with Gasteiger partial charge in [-0.3, -0.25) is 9.79 Å². The standard InChI is InChI=1S/C18H30N4O2/c1-6-24-13-15-10-8-7-9-14(15)11-20-17(19-5)21-12-16(23)22-18(2,3)4/h7-10H,6,11-13H2,1-5H3,(H,22,23)(H2,19,20,21). The van der Waals surface area contributed by atoms with E-state index >= 15 is 0 Å². The molecule has 0 heterocycles. The van der Waals surface area contributed by atoms with Crippen molar-refractivity contribution in [3.8, 4) is 0 Å². The molecule has 3 N–H and O–H groups in total. The summed E-state index contributed by atoms with van der Waals surface area (Å²) in [6.07, 6.45) is 0. The van der Waals surface area contributed by atoms with Gasteiger partial charge in [0.05, 0.1) is 13.2 Å². The van der Waals surface area contributed by atoms with Crippen molar-refractivity contribution in [1.82, 2.24) is 16.0 Å². The van der Waals surface area contributed by atoms with E-state index in [4.69, 9.17) is 4.74 Å². The first-order valence-corrected chi connectivity index (χ1v) is 8.25. The molecule has 0 unspecified atom stereocenters. The Morgan fingerprint density at radius 1 is 1.17 bits per heavy atom. The summed E-state index contributed by atoms with van der Waals surface area (Å²) in [6, 6.07) is 8.11. The van der Waals surface area contributed by atoms with E-state index in [1.807, 2.05) is 39.8 Å². The number of rotatable bonds is 7. The molecule has 134 valence electrons. The largest absolute Gasteiger partial charge is 0.377 e. The van der Waals surface area contributed by atoms with Crippen LogP contribution in [0.15, 0.2) is 29.3 Å². The molecular weight excluding hydrogens is 304 g/mol. The van der Waals surface area contributed by atoms with Crippen LogP contribution in [-0.2, 0) is 22.7 Å². The van der Waals surface area contributed by atoms with Gasteiger partial charge < -0.3 is 20.7 Å². The zero-order chi connectivity index (χ0) is 18.0. The van der Waals surface area contributed by atoms with E-state index in [0.29, 0.717) is 25.7 Å². The van der Waals surface area contributed by atoms with Crippen LogP contribution in [0.1, 0.15) is 38.8 Å². The highest BCUT2D eigenvalue weighted by Gasteiger charge is 2.13. The Hall–Kier alpha value is -2.08. The maximum absolute atomic E-state index is 11.9. The number of benzene rings is 1. The molecule has 0 saturated heterocycles. The van der Waals surface area contributed by atoms with Crippen LogP contribution in [0.25, 0.3) is 0 Å². The molecule has 0 radical (unpaired) electrons. The van der Waals surface area contributed by atoms with E-state index in [2.05, 4.69) is 33.1 Å². The summed E-state index contributed by atoms with van der Waals surface area (Å²) in [5.74, 6) is 0.521. The molecule has 6 heteroatoms. The van der Waals surface area contributed by atoms with Gasteiger partial charge >= 0.3 is 0 Å². The number of hydrogen-bond acceptors (Lipinski definition) is 3. The van der Waals surface area contributed by atoms with Gasteiger partial charge in [-0.25, -0.2) is 0 Å². The van der Waals surface area contributed by atoms with Crippen LogP contribution in [0.3, 0.4) is 0 Å². The lowest BCUT2D eigenvalue weighted by Crippen LogP contribution is -2.48. The van der Waals surface area contributed by atoms with Crippen LogP contribution in [0, 0.1) is 0 Å². The average molecular weight is 334 g/mol. The Balaban J connectivity index is 2.51. The first-order chi connectivity index (χ1) is 11.4. The minimum atomic E-state index is -0.242. The zero-order valence-corrected chi connectivity index (χ0v) is 15.4. The Morgan fingerprint density at radius 3 is 2.42 bits per heavy atom. The molecule has 1 aromatic carbocycles. The lowest BCUT2D eigenvalue weighted by molar-refractivity contribution is -0.121. The molecule has 0 aliphatic rings. The first-order valence-electron chi connectivity index (χ1n) is 8.25. The summed E-state index contributed by atoms with van der Waals surface area (Å²) in [7, 11) is 1.68. The van der Waals surface area contributed by atoms with Crippen LogP contribution < -0.4 is 16.0 Å². The minimum Gasteiger partial charge on any atom is -0.377 e. The van der Waals surface area contributed by atoms with Gasteiger partial charge in [-0.1, -0.05) is 24.3 Å². The molecule has 0 spiro atoms. The van der Waals surface area contributed by atoms with Gasteiger partial charge in [-0.15, -0.1) is 0 Å². The molecule has 0 saturated carbocycles. The number of ether oxygens (including phenoxy) is 1. The molecule has 0 aliphatic heterocycles. The molecule has 24 heavy (non-hydrogen) atoms. The van der Waals surface area contributed by atoms with Crippen molar-refractivity contribution in [3.63, 3.8) is 0 Å². The van der Waals surface area contributed by atoms with Crippen LogP contribution >= 0.6 is 0 Å². The summed E-state index contributed by atoms with van der Waals surface area (Å²) in [6.45, 7) is 9.91. The van der Waals surface area contributed by atoms with Crippen molar-refractivity contribution in [1.29, 1.82) is 0 Å². The molecule has 1 rings (SSSR count). The fourth-order valence-corrected chi connectivity index (χ4v) is 2.11. The molecule has 1 aromatic rings. The van der Waals surface area contributed by atoms with E-state index in [1.54, 1.807) is 7.05 Å². The predicted molar refractivity (Wildman–Crippen MR) is 97.9 cm³/mol. The molecule has 0 fully saturated rings. The predicted octanol–water partition coefficient (Wildman–Crippen LogP) is 1.80. The van der Waals surface area contributed by atoms with Crippen molar-refractivity contribution >= 4 is 11.9 Å². The highest BCUT2D eigenvalue weighted by atomic mass is 16.5. The van der Waals surface area contributed by atoms with Crippen molar-refractivity contribution in [3.05, 3.63) is 35.4 Å². The summed E-state index contributed by atoms with van der Waals surface area (Å²) in [5, 5.41) is 9.15. The monoisotopic (exact) mass is 334 g/mol.